The Hall–Kier alpha value is -2.37. The number of nitrogens with zero attached hydrogens (tertiary/aromatic N) is 1. The minimum absolute atomic E-state index is 0.0664. The quantitative estimate of drug-likeness (QED) is 0.843. The van der Waals surface area contributed by atoms with E-state index in [1.54, 1.807) is 6.26 Å². The smallest absolute Gasteiger partial charge is 0.373 e. The SMILES string of the molecule is CCc1cc2occc2n1COC(=O)[C@H](N)C(C)C.O=C=O. The molecule has 120 valence electrons. The Morgan fingerprint density at radius 1 is 1.45 bits per heavy atom. The van der Waals surface area contributed by atoms with Crippen molar-refractivity contribution in [1.29, 1.82) is 0 Å². The second kappa shape index (κ2) is 8.17. The van der Waals surface area contributed by atoms with Crippen LogP contribution in [0.2, 0.25) is 0 Å². The van der Waals surface area contributed by atoms with Gasteiger partial charge in [0.05, 0.1) is 11.8 Å². The molecule has 0 aliphatic heterocycles. The number of fused-ring (bicyclic) bond motifs is 1. The molecule has 2 N–H and O–H groups in total. The molecular weight excluding hydrogens is 288 g/mol. The van der Waals surface area contributed by atoms with Gasteiger partial charge in [0, 0.05) is 17.8 Å². The summed E-state index contributed by atoms with van der Waals surface area (Å²) in [5, 5.41) is 0. The molecule has 7 heteroatoms. The zero-order valence-electron chi connectivity index (χ0n) is 12.9. The molecule has 0 unspecified atom stereocenters. The summed E-state index contributed by atoms with van der Waals surface area (Å²) in [5.41, 5.74) is 8.57. The molecule has 1 atom stereocenters. The summed E-state index contributed by atoms with van der Waals surface area (Å²) in [6.07, 6.45) is 2.72. The zero-order chi connectivity index (χ0) is 16.7. The summed E-state index contributed by atoms with van der Waals surface area (Å²) in [7, 11) is 0. The summed E-state index contributed by atoms with van der Waals surface area (Å²) >= 11 is 0. The maximum atomic E-state index is 11.8. The molecule has 0 saturated heterocycles. The number of furan rings is 1. The number of aryl methyl sites for hydroxylation is 1. The van der Waals surface area contributed by atoms with Crippen LogP contribution in [0.3, 0.4) is 0 Å². The molecule has 0 aromatic carbocycles. The average Bonchev–Trinajstić information content (AvgIpc) is 3.05. The molecule has 2 rings (SSSR count). The third-order valence-electron chi connectivity index (χ3n) is 3.30. The molecule has 0 amide bonds. The Morgan fingerprint density at radius 2 is 2.09 bits per heavy atom. The molecule has 0 saturated carbocycles. The van der Waals surface area contributed by atoms with Crippen LogP contribution >= 0.6 is 0 Å². The van der Waals surface area contributed by atoms with Crippen molar-refractivity contribution in [2.45, 2.75) is 40.0 Å². The predicted octanol–water partition coefficient (Wildman–Crippen LogP) is 1.70. The van der Waals surface area contributed by atoms with Crippen LogP contribution in [0.5, 0.6) is 0 Å². The van der Waals surface area contributed by atoms with Crippen LogP contribution in [-0.2, 0) is 32.3 Å². The van der Waals surface area contributed by atoms with Crippen molar-refractivity contribution in [3.8, 4) is 0 Å². The summed E-state index contributed by atoms with van der Waals surface area (Å²) in [4.78, 5) is 28.0. The van der Waals surface area contributed by atoms with E-state index in [4.69, 9.17) is 24.5 Å². The first-order chi connectivity index (χ1) is 10.5. The molecule has 7 nitrogen and oxygen atoms in total. The number of nitrogens with two attached hydrogens (primary N) is 1. The van der Waals surface area contributed by atoms with Crippen molar-refractivity contribution < 1.29 is 23.5 Å². The molecule has 2 heterocycles. The molecule has 0 fully saturated rings. The fourth-order valence-corrected chi connectivity index (χ4v) is 1.97. The van der Waals surface area contributed by atoms with Crippen LogP contribution in [-0.4, -0.2) is 22.7 Å². The Morgan fingerprint density at radius 3 is 2.64 bits per heavy atom. The van der Waals surface area contributed by atoms with Gasteiger partial charge in [0.1, 0.15) is 6.04 Å². The fourth-order valence-electron chi connectivity index (χ4n) is 1.97. The number of aromatic nitrogens is 1. The van der Waals surface area contributed by atoms with Gasteiger partial charge in [0.25, 0.3) is 0 Å². The van der Waals surface area contributed by atoms with Crippen LogP contribution in [0.1, 0.15) is 26.5 Å². The van der Waals surface area contributed by atoms with E-state index in [-0.39, 0.29) is 24.8 Å². The first kappa shape index (κ1) is 17.7. The summed E-state index contributed by atoms with van der Waals surface area (Å²) < 4.78 is 12.6. The Balaban J connectivity index is 0.000000745. The Labute approximate surface area is 128 Å². The number of carbonyl (C=O) groups is 1. The number of hydrogen-bond donors (Lipinski definition) is 1. The fraction of sp³-hybridized carbons (Fsp3) is 0.467. The van der Waals surface area contributed by atoms with E-state index < -0.39 is 6.04 Å². The van der Waals surface area contributed by atoms with Gasteiger partial charge in [-0.1, -0.05) is 20.8 Å². The van der Waals surface area contributed by atoms with Crippen LogP contribution < -0.4 is 5.73 Å². The first-order valence-electron chi connectivity index (χ1n) is 6.93. The van der Waals surface area contributed by atoms with Crippen molar-refractivity contribution in [2.75, 3.05) is 0 Å². The number of carbonyl (C=O) groups excluding carboxylic acids is 3. The molecule has 2 aromatic heterocycles. The van der Waals surface area contributed by atoms with Gasteiger partial charge in [-0.25, -0.2) is 0 Å². The summed E-state index contributed by atoms with van der Waals surface area (Å²) in [6.45, 7) is 6.01. The Kier molecular flexibility index (Phi) is 6.56. The van der Waals surface area contributed by atoms with E-state index in [1.165, 1.54) is 0 Å². The average molecular weight is 308 g/mol. The second-order valence-electron chi connectivity index (χ2n) is 5.03. The van der Waals surface area contributed by atoms with Crippen molar-refractivity contribution >= 4 is 23.2 Å². The van der Waals surface area contributed by atoms with Gasteiger partial charge in [-0.3, -0.25) is 4.79 Å². The standard InChI is InChI=1S/C14H20N2O3.CO2/c1-4-10-7-12-11(5-6-18-12)16(10)8-19-14(17)13(15)9(2)3;2-1-3/h5-7,9,13H,4,8,15H2,1-3H3;/t13-;/m1./s1. The van der Waals surface area contributed by atoms with Crippen LogP contribution in [0.25, 0.3) is 11.1 Å². The van der Waals surface area contributed by atoms with Crippen molar-refractivity contribution in [2.24, 2.45) is 11.7 Å². The second-order valence-corrected chi connectivity index (χ2v) is 5.03. The molecule has 0 spiro atoms. The molecule has 2 aromatic rings. The summed E-state index contributed by atoms with van der Waals surface area (Å²) in [5.74, 6) is -0.306. The van der Waals surface area contributed by atoms with Crippen LogP contribution in [0.4, 0.5) is 0 Å². The highest BCUT2D eigenvalue weighted by Crippen LogP contribution is 2.21. The zero-order valence-corrected chi connectivity index (χ0v) is 12.9. The highest BCUT2D eigenvalue weighted by Gasteiger charge is 2.19. The van der Waals surface area contributed by atoms with E-state index in [0.717, 1.165) is 23.2 Å². The van der Waals surface area contributed by atoms with Gasteiger partial charge >= 0.3 is 12.1 Å². The lowest BCUT2D eigenvalue weighted by molar-refractivity contribution is -0.191. The predicted molar refractivity (Wildman–Crippen MR) is 77.5 cm³/mol. The minimum atomic E-state index is -0.583. The number of hydrogen-bond acceptors (Lipinski definition) is 6. The van der Waals surface area contributed by atoms with Crippen LogP contribution in [0.15, 0.2) is 22.8 Å². The van der Waals surface area contributed by atoms with Gasteiger partial charge in [0.15, 0.2) is 12.3 Å². The number of esters is 1. The lowest BCUT2D eigenvalue weighted by Gasteiger charge is -2.16. The highest BCUT2D eigenvalue weighted by atomic mass is 16.5. The monoisotopic (exact) mass is 308 g/mol. The molecule has 0 bridgehead atoms. The van der Waals surface area contributed by atoms with E-state index >= 15 is 0 Å². The van der Waals surface area contributed by atoms with Gasteiger partial charge in [-0.15, -0.1) is 0 Å². The third-order valence-corrected chi connectivity index (χ3v) is 3.30. The van der Waals surface area contributed by atoms with E-state index in [0.29, 0.717) is 0 Å². The minimum Gasteiger partial charge on any atom is -0.463 e. The van der Waals surface area contributed by atoms with Crippen molar-refractivity contribution in [3.05, 3.63) is 24.1 Å². The lowest BCUT2D eigenvalue weighted by Crippen LogP contribution is -2.37. The normalized spacial score (nSPS) is 11.7. The topological polar surface area (TPSA) is 105 Å². The third kappa shape index (κ3) is 4.07. The van der Waals surface area contributed by atoms with Crippen LogP contribution in [0, 0.1) is 5.92 Å². The lowest BCUT2D eigenvalue weighted by atomic mass is 10.1. The van der Waals surface area contributed by atoms with Crippen molar-refractivity contribution in [1.82, 2.24) is 4.57 Å². The first-order valence-corrected chi connectivity index (χ1v) is 6.93. The maximum absolute atomic E-state index is 11.8. The Bertz CT molecular complexity index is 650. The van der Waals surface area contributed by atoms with Gasteiger partial charge < -0.3 is 19.5 Å². The molecular formula is C15H20N2O5. The van der Waals surface area contributed by atoms with Gasteiger partial charge in [0.2, 0.25) is 0 Å². The molecule has 0 aliphatic rings. The van der Waals surface area contributed by atoms with E-state index in [2.05, 4.69) is 0 Å². The largest absolute Gasteiger partial charge is 0.463 e. The molecule has 0 radical (unpaired) electrons. The van der Waals surface area contributed by atoms with Crippen molar-refractivity contribution in [3.63, 3.8) is 0 Å². The number of rotatable bonds is 5. The van der Waals surface area contributed by atoms with E-state index in [9.17, 15) is 4.79 Å². The molecule has 0 aliphatic carbocycles. The van der Waals surface area contributed by atoms with Gasteiger partial charge in [-0.05, 0) is 12.3 Å². The number of ether oxygens (including phenoxy) is 1. The summed E-state index contributed by atoms with van der Waals surface area (Å²) in [6, 6.07) is 3.25. The highest BCUT2D eigenvalue weighted by molar-refractivity contribution is 5.77. The maximum Gasteiger partial charge on any atom is 0.373 e. The molecule has 22 heavy (non-hydrogen) atoms. The van der Waals surface area contributed by atoms with E-state index in [1.807, 2.05) is 37.5 Å². The van der Waals surface area contributed by atoms with Gasteiger partial charge in [-0.2, -0.15) is 9.59 Å².